The average molecular weight is 333 g/mol. The highest BCUT2D eigenvalue weighted by atomic mass is 16.5. The van der Waals surface area contributed by atoms with Crippen molar-refractivity contribution >= 4 is 5.91 Å². The zero-order valence-corrected chi connectivity index (χ0v) is 13.4. The summed E-state index contributed by atoms with van der Waals surface area (Å²) in [5.74, 6) is 0.728. The van der Waals surface area contributed by atoms with Crippen molar-refractivity contribution in [3.63, 3.8) is 0 Å². The smallest absolute Gasteiger partial charge is 0.253 e. The van der Waals surface area contributed by atoms with Gasteiger partial charge in [0.2, 0.25) is 11.7 Å². The Balaban J connectivity index is 1.52. The highest BCUT2D eigenvalue weighted by Gasteiger charge is 2.24. The zero-order valence-electron chi connectivity index (χ0n) is 13.4. The van der Waals surface area contributed by atoms with Crippen LogP contribution in [0.2, 0.25) is 0 Å². The lowest BCUT2D eigenvalue weighted by molar-refractivity contribution is -0.139. The number of ether oxygens (including phenoxy) is 2. The van der Waals surface area contributed by atoms with Crippen molar-refractivity contribution in [2.75, 3.05) is 26.8 Å². The predicted octanol–water partition coefficient (Wildman–Crippen LogP) is 0.681. The second kappa shape index (κ2) is 7.93. The first kappa shape index (κ1) is 16.5. The Labute approximate surface area is 139 Å². The van der Waals surface area contributed by atoms with Gasteiger partial charge in [0.05, 0.1) is 12.3 Å². The highest BCUT2D eigenvalue weighted by molar-refractivity contribution is 5.77. The first-order valence-corrected chi connectivity index (χ1v) is 7.73. The third kappa shape index (κ3) is 4.12. The van der Waals surface area contributed by atoms with Crippen molar-refractivity contribution in [3.05, 3.63) is 24.5 Å². The van der Waals surface area contributed by atoms with Gasteiger partial charge >= 0.3 is 0 Å². The van der Waals surface area contributed by atoms with E-state index in [1.165, 1.54) is 7.11 Å². The third-order valence-electron chi connectivity index (χ3n) is 3.70. The van der Waals surface area contributed by atoms with Gasteiger partial charge in [-0.05, 0) is 12.8 Å². The lowest BCUT2D eigenvalue weighted by atomic mass is 10.1. The molecule has 1 amide bonds. The Hall–Kier alpha value is -2.39. The molecule has 0 aliphatic carbocycles. The van der Waals surface area contributed by atoms with Crippen LogP contribution in [0.15, 0.2) is 23.1 Å². The molecular formula is C15H19N5O4. The maximum atomic E-state index is 11.9. The molecule has 0 spiro atoms. The van der Waals surface area contributed by atoms with Gasteiger partial charge in [0.1, 0.15) is 18.9 Å². The number of nitrogens with zero attached hydrogens (tertiary/aromatic N) is 5. The van der Waals surface area contributed by atoms with Crippen LogP contribution in [0.4, 0.5) is 0 Å². The lowest BCUT2D eigenvalue weighted by Gasteiger charge is -2.32. The van der Waals surface area contributed by atoms with Gasteiger partial charge in [0.15, 0.2) is 0 Å². The summed E-state index contributed by atoms with van der Waals surface area (Å²) < 4.78 is 15.9. The van der Waals surface area contributed by atoms with Gasteiger partial charge in [-0.1, -0.05) is 5.16 Å². The van der Waals surface area contributed by atoms with E-state index in [9.17, 15) is 4.79 Å². The monoisotopic (exact) mass is 333 g/mol. The van der Waals surface area contributed by atoms with Crippen molar-refractivity contribution < 1.29 is 18.8 Å². The quantitative estimate of drug-likeness (QED) is 0.760. The largest absolute Gasteiger partial charge is 0.375 e. The van der Waals surface area contributed by atoms with Gasteiger partial charge in [0, 0.05) is 32.6 Å². The number of likely N-dealkylation sites (tertiary alicyclic amines) is 1. The lowest BCUT2D eigenvalue weighted by Crippen LogP contribution is -2.44. The molecule has 2 aromatic rings. The summed E-state index contributed by atoms with van der Waals surface area (Å²) in [5, 5.41) is 3.87. The molecule has 24 heavy (non-hydrogen) atoms. The Bertz CT molecular complexity index is 663. The fourth-order valence-electron chi connectivity index (χ4n) is 2.54. The van der Waals surface area contributed by atoms with Crippen LogP contribution in [0, 0.1) is 0 Å². The summed E-state index contributed by atoms with van der Waals surface area (Å²) in [6, 6.07) is 0. The predicted molar refractivity (Wildman–Crippen MR) is 81.6 cm³/mol. The molecule has 1 saturated heterocycles. The molecule has 1 aliphatic heterocycles. The summed E-state index contributed by atoms with van der Waals surface area (Å²) in [5.41, 5.74) is 0.543. The van der Waals surface area contributed by atoms with Crippen LogP contribution in [-0.4, -0.2) is 63.8 Å². The molecule has 1 atom stereocenters. The van der Waals surface area contributed by atoms with E-state index in [1.54, 1.807) is 23.5 Å². The Morgan fingerprint density at radius 3 is 3.17 bits per heavy atom. The van der Waals surface area contributed by atoms with E-state index in [4.69, 9.17) is 14.0 Å². The molecule has 1 aliphatic rings. The van der Waals surface area contributed by atoms with Crippen LogP contribution >= 0.6 is 0 Å². The van der Waals surface area contributed by atoms with Crippen molar-refractivity contribution in [1.82, 2.24) is 25.0 Å². The zero-order chi connectivity index (χ0) is 16.8. The van der Waals surface area contributed by atoms with Gasteiger partial charge in [0.25, 0.3) is 5.89 Å². The van der Waals surface area contributed by atoms with Gasteiger partial charge < -0.3 is 18.9 Å². The number of carbonyl (C=O) groups is 1. The molecule has 0 radical (unpaired) electrons. The number of aromatic nitrogens is 4. The normalized spacial score (nSPS) is 17.9. The molecule has 0 saturated carbocycles. The first-order chi connectivity index (χ1) is 11.8. The topological polar surface area (TPSA) is 103 Å². The molecule has 0 bridgehead atoms. The minimum Gasteiger partial charge on any atom is -0.375 e. The molecular weight excluding hydrogens is 314 g/mol. The van der Waals surface area contributed by atoms with Crippen molar-refractivity contribution in [1.29, 1.82) is 0 Å². The third-order valence-corrected chi connectivity index (χ3v) is 3.70. The van der Waals surface area contributed by atoms with Crippen LogP contribution < -0.4 is 0 Å². The average Bonchev–Trinajstić information content (AvgIpc) is 3.10. The van der Waals surface area contributed by atoms with E-state index in [0.717, 1.165) is 19.4 Å². The van der Waals surface area contributed by atoms with Crippen molar-refractivity contribution in [3.8, 4) is 11.5 Å². The van der Waals surface area contributed by atoms with Gasteiger partial charge in [-0.2, -0.15) is 4.98 Å². The number of hydrogen-bond donors (Lipinski definition) is 0. The van der Waals surface area contributed by atoms with E-state index in [2.05, 4.69) is 20.1 Å². The molecule has 0 aromatic carbocycles. The summed E-state index contributed by atoms with van der Waals surface area (Å²) >= 11 is 0. The second-order valence-electron chi connectivity index (χ2n) is 5.45. The second-order valence-corrected chi connectivity index (χ2v) is 5.45. The van der Waals surface area contributed by atoms with E-state index in [1.807, 2.05) is 0 Å². The Morgan fingerprint density at radius 1 is 1.46 bits per heavy atom. The molecule has 1 fully saturated rings. The SMILES string of the molecule is COCC(=O)N1CCC[C@H](OCc2nc(-c3cnccn3)no2)C1. The van der Waals surface area contributed by atoms with Crippen LogP contribution in [0.5, 0.6) is 0 Å². The summed E-state index contributed by atoms with van der Waals surface area (Å²) in [6.45, 7) is 1.58. The number of piperidine rings is 1. The Morgan fingerprint density at radius 2 is 2.38 bits per heavy atom. The maximum Gasteiger partial charge on any atom is 0.253 e. The van der Waals surface area contributed by atoms with Gasteiger partial charge in [-0.3, -0.25) is 9.78 Å². The first-order valence-electron chi connectivity index (χ1n) is 7.73. The molecule has 128 valence electrons. The van der Waals surface area contributed by atoms with Gasteiger partial charge in [-0.15, -0.1) is 0 Å². The van der Waals surface area contributed by atoms with E-state index in [0.29, 0.717) is 24.0 Å². The number of rotatable bonds is 6. The summed E-state index contributed by atoms with van der Waals surface area (Å²) in [4.78, 5) is 26.0. The summed E-state index contributed by atoms with van der Waals surface area (Å²) in [7, 11) is 1.51. The van der Waals surface area contributed by atoms with E-state index in [-0.39, 0.29) is 25.2 Å². The highest BCUT2D eigenvalue weighted by Crippen LogP contribution is 2.16. The molecule has 3 rings (SSSR count). The van der Waals surface area contributed by atoms with Crippen LogP contribution in [-0.2, 0) is 20.9 Å². The fourth-order valence-corrected chi connectivity index (χ4v) is 2.54. The van der Waals surface area contributed by atoms with E-state index < -0.39 is 0 Å². The minimum absolute atomic E-state index is 0.0199. The number of hydrogen-bond acceptors (Lipinski definition) is 8. The Kier molecular flexibility index (Phi) is 5.44. The summed E-state index contributed by atoms with van der Waals surface area (Å²) in [6.07, 6.45) is 6.45. The molecule has 2 aromatic heterocycles. The number of amides is 1. The van der Waals surface area contributed by atoms with Crippen LogP contribution in [0.1, 0.15) is 18.7 Å². The van der Waals surface area contributed by atoms with Crippen LogP contribution in [0.3, 0.4) is 0 Å². The van der Waals surface area contributed by atoms with Crippen molar-refractivity contribution in [2.45, 2.75) is 25.6 Å². The number of methoxy groups -OCH3 is 1. The molecule has 3 heterocycles. The molecule has 0 N–H and O–H groups in total. The van der Waals surface area contributed by atoms with Crippen molar-refractivity contribution in [2.24, 2.45) is 0 Å². The maximum absolute atomic E-state index is 11.9. The van der Waals surface area contributed by atoms with E-state index >= 15 is 0 Å². The molecule has 9 heteroatoms. The fraction of sp³-hybridized carbons (Fsp3) is 0.533. The van der Waals surface area contributed by atoms with Crippen LogP contribution in [0.25, 0.3) is 11.5 Å². The standard InChI is InChI=1S/C15H19N5O4/c1-22-10-14(21)20-6-2-3-11(8-20)23-9-13-18-15(19-24-13)12-7-16-4-5-17-12/h4-5,7,11H,2-3,6,8-10H2,1H3/t11-/m0/s1. The minimum atomic E-state index is -0.0496. The molecule has 0 unspecified atom stereocenters. The molecule has 9 nitrogen and oxygen atoms in total. The van der Waals surface area contributed by atoms with Gasteiger partial charge in [-0.25, -0.2) is 4.98 Å². The number of carbonyl (C=O) groups excluding carboxylic acids is 1.